The summed E-state index contributed by atoms with van der Waals surface area (Å²) in [4.78, 5) is 20.7. The van der Waals surface area contributed by atoms with E-state index in [0.29, 0.717) is 18.0 Å². The first kappa shape index (κ1) is 14.4. The number of benzene rings is 1. The van der Waals surface area contributed by atoms with Gasteiger partial charge >= 0.3 is 0 Å². The molecule has 1 aliphatic rings. The monoisotopic (exact) mass is 321 g/mol. The van der Waals surface area contributed by atoms with Gasteiger partial charge < -0.3 is 10.1 Å². The average Bonchev–Trinajstić information content (AvgIpc) is 3.17. The Balaban J connectivity index is 1.56. The zero-order valence-corrected chi connectivity index (χ0v) is 12.8. The average molecular weight is 321 g/mol. The second-order valence-corrected chi connectivity index (χ2v) is 5.44. The molecule has 1 aliphatic heterocycles. The molecule has 0 radical (unpaired) electrons. The minimum Gasteiger partial charge on any atom is -0.493 e. The van der Waals surface area contributed by atoms with E-state index >= 15 is 0 Å². The molecule has 1 unspecified atom stereocenters. The molecule has 1 amide bonds. The largest absolute Gasteiger partial charge is 0.493 e. The van der Waals surface area contributed by atoms with Crippen molar-refractivity contribution in [2.75, 3.05) is 6.61 Å². The molecule has 0 saturated carbocycles. The van der Waals surface area contributed by atoms with Crippen molar-refractivity contribution < 1.29 is 9.53 Å². The fourth-order valence-electron chi connectivity index (χ4n) is 2.75. The van der Waals surface area contributed by atoms with Crippen LogP contribution >= 0.6 is 0 Å². The van der Waals surface area contributed by atoms with Crippen LogP contribution in [0.2, 0.25) is 0 Å². The summed E-state index contributed by atoms with van der Waals surface area (Å²) >= 11 is 0. The SMILES string of the molecule is O=C(NC1CCOc2ccccc21)c1ccnc(-n2cncn2)c1. The van der Waals surface area contributed by atoms with Gasteiger partial charge in [0.05, 0.1) is 12.6 Å². The topological polar surface area (TPSA) is 81.9 Å². The van der Waals surface area contributed by atoms with Crippen molar-refractivity contribution in [3.8, 4) is 11.6 Å². The molecule has 1 aromatic carbocycles. The molecule has 2 aromatic heterocycles. The maximum atomic E-state index is 12.6. The van der Waals surface area contributed by atoms with Crippen LogP contribution in [-0.4, -0.2) is 32.3 Å². The van der Waals surface area contributed by atoms with E-state index in [1.165, 1.54) is 11.0 Å². The number of fused-ring (bicyclic) bond motifs is 1. The van der Waals surface area contributed by atoms with Crippen LogP contribution in [0, 0.1) is 0 Å². The lowest BCUT2D eigenvalue weighted by molar-refractivity contribution is 0.0924. The Morgan fingerprint density at radius 1 is 1.29 bits per heavy atom. The summed E-state index contributed by atoms with van der Waals surface area (Å²) in [6.45, 7) is 0.586. The van der Waals surface area contributed by atoms with Crippen LogP contribution in [0.3, 0.4) is 0 Å². The third-order valence-electron chi connectivity index (χ3n) is 3.93. The second-order valence-electron chi connectivity index (χ2n) is 5.44. The van der Waals surface area contributed by atoms with Crippen LogP contribution in [0.1, 0.15) is 28.4 Å². The molecule has 120 valence electrons. The van der Waals surface area contributed by atoms with Crippen molar-refractivity contribution >= 4 is 5.91 Å². The lowest BCUT2D eigenvalue weighted by Crippen LogP contribution is -2.32. The summed E-state index contributed by atoms with van der Waals surface area (Å²) in [6.07, 6.45) is 5.29. The zero-order chi connectivity index (χ0) is 16.4. The van der Waals surface area contributed by atoms with Gasteiger partial charge in [-0.1, -0.05) is 18.2 Å². The third kappa shape index (κ3) is 2.71. The van der Waals surface area contributed by atoms with Crippen LogP contribution in [0.25, 0.3) is 5.82 Å². The summed E-state index contributed by atoms with van der Waals surface area (Å²) in [5, 5.41) is 7.10. The predicted molar refractivity (Wildman–Crippen MR) is 85.9 cm³/mol. The molecule has 7 heteroatoms. The summed E-state index contributed by atoms with van der Waals surface area (Å²) in [6, 6.07) is 11.1. The summed E-state index contributed by atoms with van der Waals surface area (Å²) in [5.74, 6) is 1.22. The van der Waals surface area contributed by atoms with E-state index in [4.69, 9.17) is 4.74 Å². The molecule has 3 aromatic rings. The smallest absolute Gasteiger partial charge is 0.251 e. The number of amides is 1. The maximum Gasteiger partial charge on any atom is 0.251 e. The molecule has 1 atom stereocenters. The zero-order valence-electron chi connectivity index (χ0n) is 12.8. The number of ether oxygens (including phenoxy) is 1. The number of rotatable bonds is 3. The highest BCUT2D eigenvalue weighted by Gasteiger charge is 2.23. The lowest BCUT2D eigenvalue weighted by atomic mass is 10.0. The first-order valence-corrected chi connectivity index (χ1v) is 7.65. The van der Waals surface area contributed by atoms with Gasteiger partial charge in [0.1, 0.15) is 18.4 Å². The first-order valence-electron chi connectivity index (χ1n) is 7.65. The number of nitrogens with one attached hydrogen (secondary N) is 1. The van der Waals surface area contributed by atoms with E-state index in [0.717, 1.165) is 17.7 Å². The van der Waals surface area contributed by atoms with Gasteiger partial charge in [-0.05, 0) is 18.2 Å². The fraction of sp³-hybridized carbons (Fsp3) is 0.176. The Hall–Kier alpha value is -3.22. The van der Waals surface area contributed by atoms with Gasteiger partial charge in [-0.15, -0.1) is 0 Å². The molecular formula is C17H15N5O2. The van der Waals surface area contributed by atoms with Crippen molar-refractivity contribution in [1.82, 2.24) is 25.1 Å². The number of nitrogens with zero attached hydrogens (tertiary/aromatic N) is 4. The summed E-state index contributed by atoms with van der Waals surface area (Å²) in [5.41, 5.74) is 1.53. The minimum absolute atomic E-state index is 0.0644. The van der Waals surface area contributed by atoms with E-state index in [1.54, 1.807) is 24.7 Å². The molecule has 0 spiro atoms. The number of para-hydroxylation sites is 1. The molecule has 4 rings (SSSR count). The van der Waals surface area contributed by atoms with E-state index in [2.05, 4.69) is 20.4 Å². The number of hydrogen-bond acceptors (Lipinski definition) is 5. The molecule has 7 nitrogen and oxygen atoms in total. The van der Waals surface area contributed by atoms with Gasteiger partial charge in [-0.3, -0.25) is 4.79 Å². The number of carbonyl (C=O) groups is 1. The number of pyridine rings is 1. The fourth-order valence-corrected chi connectivity index (χ4v) is 2.75. The van der Waals surface area contributed by atoms with E-state index in [-0.39, 0.29) is 11.9 Å². The van der Waals surface area contributed by atoms with Gasteiger partial charge in [0, 0.05) is 23.7 Å². The standard InChI is InChI=1S/C17H15N5O2/c23-17(12-5-7-19-16(9-12)22-11-18-10-20-22)21-14-6-8-24-15-4-2-1-3-13(14)15/h1-5,7,9-11,14H,6,8H2,(H,21,23). The van der Waals surface area contributed by atoms with Gasteiger partial charge in [0.15, 0.2) is 5.82 Å². The highest BCUT2D eigenvalue weighted by atomic mass is 16.5. The number of hydrogen-bond donors (Lipinski definition) is 1. The van der Waals surface area contributed by atoms with Gasteiger partial charge in [0.2, 0.25) is 0 Å². The van der Waals surface area contributed by atoms with Gasteiger partial charge in [0.25, 0.3) is 5.91 Å². The Morgan fingerprint density at radius 2 is 2.21 bits per heavy atom. The minimum atomic E-state index is -0.152. The van der Waals surface area contributed by atoms with Crippen molar-refractivity contribution in [3.63, 3.8) is 0 Å². The Morgan fingerprint density at radius 3 is 3.08 bits per heavy atom. The van der Waals surface area contributed by atoms with Crippen molar-refractivity contribution in [3.05, 3.63) is 66.4 Å². The molecule has 3 heterocycles. The van der Waals surface area contributed by atoms with E-state index in [1.807, 2.05) is 24.3 Å². The van der Waals surface area contributed by atoms with Crippen LogP contribution < -0.4 is 10.1 Å². The highest BCUT2D eigenvalue weighted by molar-refractivity contribution is 5.94. The molecule has 0 saturated heterocycles. The second kappa shape index (κ2) is 6.11. The normalized spacial score (nSPS) is 16.1. The number of aromatic nitrogens is 4. The van der Waals surface area contributed by atoms with Crippen LogP contribution in [0.5, 0.6) is 5.75 Å². The molecule has 24 heavy (non-hydrogen) atoms. The van der Waals surface area contributed by atoms with Crippen molar-refractivity contribution in [2.45, 2.75) is 12.5 Å². The van der Waals surface area contributed by atoms with Gasteiger partial charge in [-0.2, -0.15) is 5.10 Å². The molecular weight excluding hydrogens is 306 g/mol. The molecule has 0 aliphatic carbocycles. The maximum absolute atomic E-state index is 12.6. The molecule has 1 N–H and O–H groups in total. The Kier molecular flexibility index (Phi) is 3.66. The third-order valence-corrected chi connectivity index (χ3v) is 3.93. The predicted octanol–water partition coefficient (Wildman–Crippen LogP) is 1.92. The highest BCUT2D eigenvalue weighted by Crippen LogP contribution is 2.31. The number of carbonyl (C=O) groups excluding carboxylic acids is 1. The van der Waals surface area contributed by atoms with E-state index in [9.17, 15) is 4.79 Å². The van der Waals surface area contributed by atoms with Crippen LogP contribution in [0.15, 0.2) is 55.2 Å². The van der Waals surface area contributed by atoms with Crippen molar-refractivity contribution in [1.29, 1.82) is 0 Å². The van der Waals surface area contributed by atoms with Gasteiger partial charge in [-0.25, -0.2) is 14.6 Å². The van der Waals surface area contributed by atoms with Crippen molar-refractivity contribution in [2.24, 2.45) is 0 Å². The first-order chi connectivity index (χ1) is 11.8. The Bertz CT molecular complexity index is 863. The molecule has 0 fully saturated rings. The lowest BCUT2D eigenvalue weighted by Gasteiger charge is -2.26. The summed E-state index contributed by atoms with van der Waals surface area (Å²) < 4.78 is 7.14. The molecule has 0 bridgehead atoms. The Labute approximate surface area is 138 Å². The quantitative estimate of drug-likeness (QED) is 0.797. The summed E-state index contributed by atoms with van der Waals surface area (Å²) in [7, 11) is 0. The van der Waals surface area contributed by atoms with E-state index < -0.39 is 0 Å². The van der Waals surface area contributed by atoms with Crippen LogP contribution in [-0.2, 0) is 0 Å². The van der Waals surface area contributed by atoms with Crippen LogP contribution in [0.4, 0.5) is 0 Å².